The van der Waals surface area contributed by atoms with Crippen molar-refractivity contribution in [1.29, 1.82) is 0 Å². The number of nitro groups is 1. The molecule has 74 valence electrons. The van der Waals surface area contributed by atoms with Crippen LogP contribution in [0.4, 0.5) is 14.5 Å². The first-order chi connectivity index (χ1) is 6.43. The van der Waals surface area contributed by atoms with Gasteiger partial charge in [-0.25, -0.2) is 8.78 Å². The Kier molecular flexibility index (Phi) is 2.55. The first-order valence-electron chi connectivity index (χ1n) is 3.58. The number of carbonyl (C=O) groups excluding carboxylic acids is 1. The number of rotatable bonds is 2. The Morgan fingerprint density at radius 2 is 1.86 bits per heavy atom. The number of halogens is 2. The largest absolute Gasteiger partial charge is 0.294 e. The normalized spacial score (nSPS) is 9.93. The number of benzene rings is 1. The highest BCUT2D eigenvalue weighted by molar-refractivity contribution is 5.98. The van der Waals surface area contributed by atoms with E-state index in [1.165, 1.54) is 0 Å². The molecule has 1 aromatic rings. The quantitative estimate of drug-likeness (QED) is 0.418. The first kappa shape index (κ1) is 10.2. The van der Waals surface area contributed by atoms with Gasteiger partial charge in [0.2, 0.25) is 0 Å². The van der Waals surface area contributed by atoms with E-state index < -0.39 is 33.6 Å². The third-order valence-electron chi connectivity index (χ3n) is 1.61. The van der Waals surface area contributed by atoms with Crippen LogP contribution in [0.1, 0.15) is 17.3 Å². The van der Waals surface area contributed by atoms with Crippen LogP contribution in [0.3, 0.4) is 0 Å². The fraction of sp³-hybridized carbons (Fsp3) is 0.125. The lowest BCUT2D eigenvalue weighted by Gasteiger charge is -1.99. The second-order valence-corrected chi connectivity index (χ2v) is 2.60. The van der Waals surface area contributed by atoms with Crippen LogP contribution >= 0.6 is 0 Å². The molecule has 0 N–H and O–H groups in total. The molecule has 0 spiro atoms. The maximum absolute atomic E-state index is 12.6. The molecule has 0 aromatic heterocycles. The van der Waals surface area contributed by atoms with E-state index in [1.54, 1.807) is 0 Å². The van der Waals surface area contributed by atoms with Crippen molar-refractivity contribution in [2.24, 2.45) is 0 Å². The predicted molar refractivity (Wildman–Crippen MR) is 43.0 cm³/mol. The zero-order valence-electron chi connectivity index (χ0n) is 7.08. The Morgan fingerprint density at radius 1 is 1.36 bits per heavy atom. The number of hydrogen-bond acceptors (Lipinski definition) is 3. The number of hydrogen-bond donors (Lipinski definition) is 0. The smallest absolute Gasteiger partial charge is 0.283 e. The van der Waals surface area contributed by atoms with Crippen LogP contribution < -0.4 is 0 Å². The monoisotopic (exact) mass is 201 g/mol. The summed E-state index contributed by atoms with van der Waals surface area (Å²) >= 11 is 0. The van der Waals surface area contributed by atoms with Gasteiger partial charge in [-0.3, -0.25) is 14.9 Å². The lowest BCUT2D eigenvalue weighted by atomic mass is 10.1. The number of ketones is 1. The van der Waals surface area contributed by atoms with E-state index >= 15 is 0 Å². The molecule has 4 nitrogen and oxygen atoms in total. The van der Waals surface area contributed by atoms with Crippen molar-refractivity contribution in [3.63, 3.8) is 0 Å². The molecule has 14 heavy (non-hydrogen) atoms. The summed E-state index contributed by atoms with van der Waals surface area (Å²) in [4.78, 5) is 20.3. The van der Waals surface area contributed by atoms with Gasteiger partial charge in [0.25, 0.3) is 5.69 Å². The molecule has 0 bridgehead atoms. The Hall–Kier alpha value is -1.85. The first-order valence-corrected chi connectivity index (χ1v) is 3.58. The highest BCUT2D eigenvalue weighted by atomic mass is 19.2. The molecule has 0 saturated heterocycles. The average Bonchev–Trinajstić information content (AvgIpc) is 2.08. The van der Waals surface area contributed by atoms with Gasteiger partial charge < -0.3 is 0 Å². The van der Waals surface area contributed by atoms with Crippen LogP contribution in [0.2, 0.25) is 0 Å². The third kappa shape index (κ3) is 1.73. The van der Waals surface area contributed by atoms with Gasteiger partial charge in [-0.2, -0.15) is 0 Å². The Labute approximate surface area is 77.3 Å². The Bertz CT molecular complexity index is 378. The van der Waals surface area contributed by atoms with Gasteiger partial charge in [0.05, 0.1) is 16.6 Å². The molecule has 1 aromatic carbocycles. The summed E-state index contributed by atoms with van der Waals surface area (Å²) < 4.78 is 25.2. The topological polar surface area (TPSA) is 60.2 Å². The minimum atomic E-state index is -1.35. The van der Waals surface area contributed by atoms with Crippen LogP contribution in [-0.4, -0.2) is 10.7 Å². The number of Topliss-reactive ketones (excluding diaryl/α,β-unsaturated/α-hetero) is 1. The van der Waals surface area contributed by atoms with Gasteiger partial charge >= 0.3 is 0 Å². The van der Waals surface area contributed by atoms with E-state index in [1.807, 2.05) is 0 Å². The molecule has 0 aliphatic carbocycles. The zero-order chi connectivity index (χ0) is 10.9. The zero-order valence-corrected chi connectivity index (χ0v) is 7.08. The van der Waals surface area contributed by atoms with Crippen molar-refractivity contribution in [1.82, 2.24) is 0 Å². The molecule has 0 fully saturated rings. The number of nitro benzene ring substituents is 1. The lowest BCUT2D eigenvalue weighted by Crippen LogP contribution is -2.02. The van der Waals surface area contributed by atoms with E-state index in [9.17, 15) is 23.7 Å². The fourth-order valence-corrected chi connectivity index (χ4v) is 0.969. The molecule has 0 saturated carbocycles. The third-order valence-corrected chi connectivity index (χ3v) is 1.61. The van der Waals surface area contributed by atoms with Crippen molar-refractivity contribution in [2.45, 2.75) is 6.92 Å². The highest BCUT2D eigenvalue weighted by Crippen LogP contribution is 2.22. The SMILES string of the molecule is CC(=O)c1cc(F)c(F)cc1[N+](=O)[O-]. The van der Waals surface area contributed by atoms with E-state index in [2.05, 4.69) is 0 Å². The van der Waals surface area contributed by atoms with Crippen molar-refractivity contribution >= 4 is 11.5 Å². The number of carbonyl (C=O) groups is 1. The van der Waals surface area contributed by atoms with Crippen molar-refractivity contribution in [2.75, 3.05) is 0 Å². The molecule has 0 atom stereocenters. The second kappa shape index (κ2) is 3.49. The van der Waals surface area contributed by atoms with Gasteiger partial charge in [0.15, 0.2) is 17.4 Å². The molecule has 0 amide bonds. The minimum absolute atomic E-state index is 0.395. The van der Waals surface area contributed by atoms with Crippen LogP contribution in [0.25, 0.3) is 0 Å². The molecule has 0 heterocycles. The highest BCUT2D eigenvalue weighted by Gasteiger charge is 2.21. The standard InChI is InChI=1S/C8H5F2NO3/c1-4(12)5-2-6(9)7(10)3-8(5)11(13)14/h2-3H,1H3. The Morgan fingerprint density at radius 3 is 2.29 bits per heavy atom. The Balaban J connectivity index is 3.46. The molecular weight excluding hydrogens is 196 g/mol. The van der Waals surface area contributed by atoms with Crippen molar-refractivity contribution < 1.29 is 18.5 Å². The maximum atomic E-state index is 12.6. The summed E-state index contributed by atoms with van der Waals surface area (Å²) in [5, 5.41) is 10.4. The van der Waals surface area contributed by atoms with Crippen molar-refractivity contribution in [3.05, 3.63) is 39.4 Å². The summed E-state index contributed by atoms with van der Waals surface area (Å²) in [6, 6.07) is 0.919. The second-order valence-electron chi connectivity index (χ2n) is 2.60. The van der Waals surface area contributed by atoms with Crippen LogP contribution in [0.15, 0.2) is 12.1 Å². The van der Waals surface area contributed by atoms with E-state index in [4.69, 9.17) is 0 Å². The molecule has 0 unspecified atom stereocenters. The molecule has 0 aliphatic rings. The molecule has 1 rings (SSSR count). The summed E-state index contributed by atoms with van der Waals surface area (Å²) in [7, 11) is 0. The summed E-state index contributed by atoms with van der Waals surface area (Å²) in [5.74, 6) is -3.31. The summed E-state index contributed by atoms with van der Waals surface area (Å²) in [5.41, 5.74) is -1.16. The van der Waals surface area contributed by atoms with Gasteiger partial charge in [0, 0.05) is 0 Å². The van der Waals surface area contributed by atoms with Gasteiger partial charge in [-0.15, -0.1) is 0 Å². The van der Waals surface area contributed by atoms with E-state index in [0.29, 0.717) is 12.1 Å². The minimum Gasteiger partial charge on any atom is -0.294 e. The van der Waals surface area contributed by atoms with Crippen LogP contribution in [0.5, 0.6) is 0 Å². The van der Waals surface area contributed by atoms with Crippen LogP contribution in [0, 0.1) is 21.7 Å². The maximum Gasteiger partial charge on any atom is 0.283 e. The molecular formula is C8H5F2NO3. The van der Waals surface area contributed by atoms with Gasteiger partial charge in [-0.1, -0.05) is 0 Å². The van der Waals surface area contributed by atoms with E-state index in [-0.39, 0.29) is 0 Å². The summed E-state index contributed by atoms with van der Waals surface area (Å²) in [6.45, 7) is 1.04. The number of nitrogens with zero attached hydrogens (tertiary/aromatic N) is 1. The summed E-state index contributed by atoms with van der Waals surface area (Å²) in [6.07, 6.45) is 0. The van der Waals surface area contributed by atoms with E-state index in [0.717, 1.165) is 6.92 Å². The van der Waals surface area contributed by atoms with Gasteiger partial charge in [0.1, 0.15) is 0 Å². The van der Waals surface area contributed by atoms with Gasteiger partial charge in [-0.05, 0) is 13.0 Å². The molecule has 6 heteroatoms. The van der Waals surface area contributed by atoms with Crippen molar-refractivity contribution in [3.8, 4) is 0 Å². The van der Waals surface area contributed by atoms with Crippen LogP contribution in [-0.2, 0) is 0 Å². The predicted octanol–water partition coefficient (Wildman–Crippen LogP) is 2.08. The fourth-order valence-electron chi connectivity index (χ4n) is 0.969. The lowest BCUT2D eigenvalue weighted by molar-refractivity contribution is -0.385. The molecule has 0 aliphatic heterocycles. The molecule has 0 radical (unpaired) electrons. The average molecular weight is 201 g/mol.